The van der Waals surface area contributed by atoms with Crippen molar-refractivity contribution < 1.29 is 19.0 Å². The van der Waals surface area contributed by atoms with Crippen LogP contribution in [0.2, 0.25) is 0 Å². The summed E-state index contributed by atoms with van der Waals surface area (Å²) in [5.74, 6) is 2.46. The fourth-order valence-electron chi connectivity index (χ4n) is 3.22. The minimum Gasteiger partial charge on any atom is -0.497 e. The van der Waals surface area contributed by atoms with E-state index in [9.17, 15) is 4.79 Å². The zero-order valence-corrected chi connectivity index (χ0v) is 19.7. The van der Waals surface area contributed by atoms with Crippen molar-refractivity contribution >= 4 is 23.4 Å². The fourth-order valence-corrected chi connectivity index (χ4v) is 3.97. The van der Waals surface area contributed by atoms with Crippen LogP contribution in [0.15, 0.2) is 72.1 Å². The molecule has 0 radical (unpaired) electrons. The summed E-state index contributed by atoms with van der Waals surface area (Å²) in [6, 6.07) is 16.5. The third-order valence-corrected chi connectivity index (χ3v) is 5.78. The van der Waals surface area contributed by atoms with Crippen LogP contribution in [0.25, 0.3) is 17.1 Å². The van der Waals surface area contributed by atoms with Crippen molar-refractivity contribution in [2.45, 2.75) is 5.16 Å². The molecular formula is C24H23N5O4S. The number of ether oxygens (including phenoxy) is 3. The van der Waals surface area contributed by atoms with Gasteiger partial charge in [-0.15, -0.1) is 10.2 Å². The molecule has 0 aliphatic heterocycles. The van der Waals surface area contributed by atoms with Gasteiger partial charge in [-0.1, -0.05) is 11.8 Å². The molecule has 0 spiro atoms. The summed E-state index contributed by atoms with van der Waals surface area (Å²) >= 11 is 1.28. The number of carbonyl (C=O) groups is 1. The van der Waals surface area contributed by atoms with Crippen molar-refractivity contribution in [3.8, 4) is 34.3 Å². The lowest BCUT2D eigenvalue weighted by atomic mass is 10.2. The monoisotopic (exact) mass is 477 g/mol. The molecule has 0 saturated carbocycles. The number of rotatable bonds is 9. The van der Waals surface area contributed by atoms with Crippen LogP contribution >= 0.6 is 11.8 Å². The SMILES string of the molecule is COc1ccc(-n2c(SCC(=O)Nc3cc(OC)cc(OC)c3)nnc2-c2cccnc2)cc1. The van der Waals surface area contributed by atoms with Crippen molar-refractivity contribution in [1.29, 1.82) is 0 Å². The zero-order chi connectivity index (χ0) is 23.9. The molecule has 0 atom stereocenters. The van der Waals surface area contributed by atoms with Crippen LogP contribution in [0.5, 0.6) is 17.2 Å². The quantitative estimate of drug-likeness (QED) is 0.360. The van der Waals surface area contributed by atoms with Crippen LogP contribution in [0.4, 0.5) is 5.69 Å². The van der Waals surface area contributed by atoms with Gasteiger partial charge in [0.25, 0.3) is 0 Å². The van der Waals surface area contributed by atoms with E-state index in [-0.39, 0.29) is 11.7 Å². The highest BCUT2D eigenvalue weighted by Gasteiger charge is 2.18. The molecule has 0 aliphatic carbocycles. The summed E-state index contributed by atoms with van der Waals surface area (Å²) in [7, 11) is 4.73. The number of aromatic nitrogens is 4. The van der Waals surface area contributed by atoms with E-state index in [1.165, 1.54) is 11.8 Å². The summed E-state index contributed by atoms with van der Waals surface area (Å²) in [4.78, 5) is 16.9. The summed E-state index contributed by atoms with van der Waals surface area (Å²) in [6.07, 6.45) is 3.42. The Kier molecular flexibility index (Phi) is 7.28. The molecule has 0 fully saturated rings. The van der Waals surface area contributed by atoms with Crippen LogP contribution in [0, 0.1) is 0 Å². The van der Waals surface area contributed by atoms with Crippen molar-refractivity contribution in [3.05, 3.63) is 67.0 Å². The summed E-state index contributed by atoms with van der Waals surface area (Å²) in [6.45, 7) is 0. The van der Waals surface area contributed by atoms with E-state index >= 15 is 0 Å². The maximum absolute atomic E-state index is 12.7. The van der Waals surface area contributed by atoms with E-state index in [0.29, 0.717) is 28.2 Å². The largest absolute Gasteiger partial charge is 0.497 e. The third kappa shape index (κ3) is 5.29. The van der Waals surface area contributed by atoms with Gasteiger partial charge in [0.05, 0.1) is 27.1 Å². The molecule has 10 heteroatoms. The maximum Gasteiger partial charge on any atom is 0.234 e. The van der Waals surface area contributed by atoms with E-state index in [4.69, 9.17) is 14.2 Å². The summed E-state index contributed by atoms with van der Waals surface area (Å²) in [5, 5.41) is 12.2. The Morgan fingerprint density at radius 1 is 0.941 bits per heavy atom. The number of nitrogens with zero attached hydrogens (tertiary/aromatic N) is 4. The number of methoxy groups -OCH3 is 3. The lowest BCUT2D eigenvalue weighted by molar-refractivity contribution is -0.113. The van der Waals surface area contributed by atoms with Gasteiger partial charge in [-0.25, -0.2) is 0 Å². The van der Waals surface area contributed by atoms with Gasteiger partial charge in [-0.2, -0.15) is 0 Å². The molecule has 1 N–H and O–H groups in total. The second-order valence-corrected chi connectivity index (χ2v) is 7.96. The average Bonchev–Trinajstić information content (AvgIpc) is 3.31. The van der Waals surface area contributed by atoms with E-state index in [0.717, 1.165) is 17.0 Å². The van der Waals surface area contributed by atoms with E-state index in [1.54, 1.807) is 51.9 Å². The first-order valence-electron chi connectivity index (χ1n) is 10.3. The molecule has 2 heterocycles. The van der Waals surface area contributed by atoms with E-state index in [2.05, 4.69) is 20.5 Å². The number of pyridine rings is 1. The molecule has 0 aliphatic rings. The number of benzene rings is 2. The molecule has 0 bridgehead atoms. The van der Waals surface area contributed by atoms with E-state index < -0.39 is 0 Å². The van der Waals surface area contributed by atoms with Crippen molar-refractivity contribution in [2.75, 3.05) is 32.4 Å². The Labute approximate surface area is 201 Å². The molecular weight excluding hydrogens is 454 g/mol. The second kappa shape index (κ2) is 10.7. The first kappa shape index (κ1) is 23.1. The molecule has 0 saturated heterocycles. The highest BCUT2D eigenvalue weighted by atomic mass is 32.2. The Morgan fingerprint density at radius 3 is 2.26 bits per heavy atom. The van der Waals surface area contributed by atoms with Crippen LogP contribution in [-0.4, -0.2) is 52.7 Å². The third-order valence-electron chi connectivity index (χ3n) is 4.85. The molecule has 2 aromatic carbocycles. The van der Waals surface area contributed by atoms with Gasteiger partial charge in [0.2, 0.25) is 5.91 Å². The second-order valence-electron chi connectivity index (χ2n) is 7.02. The minimum absolute atomic E-state index is 0.126. The van der Waals surface area contributed by atoms with Crippen molar-refractivity contribution in [3.63, 3.8) is 0 Å². The average molecular weight is 478 g/mol. The highest BCUT2D eigenvalue weighted by Crippen LogP contribution is 2.29. The van der Waals surface area contributed by atoms with Gasteiger partial charge >= 0.3 is 0 Å². The molecule has 1 amide bonds. The molecule has 4 rings (SSSR count). The fraction of sp³-hybridized carbons (Fsp3) is 0.167. The molecule has 174 valence electrons. The Hall–Kier alpha value is -4.05. The van der Waals surface area contributed by atoms with Gasteiger partial charge in [0.1, 0.15) is 17.2 Å². The summed E-state index contributed by atoms with van der Waals surface area (Å²) in [5.41, 5.74) is 2.23. The van der Waals surface area contributed by atoms with Gasteiger partial charge in [-0.3, -0.25) is 14.3 Å². The van der Waals surface area contributed by atoms with Crippen LogP contribution < -0.4 is 19.5 Å². The number of amides is 1. The van der Waals surface area contributed by atoms with Crippen molar-refractivity contribution in [2.24, 2.45) is 0 Å². The van der Waals surface area contributed by atoms with Crippen LogP contribution in [-0.2, 0) is 4.79 Å². The number of hydrogen-bond donors (Lipinski definition) is 1. The van der Waals surface area contributed by atoms with Gasteiger partial charge < -0.3 is 19.5 Å². The molecule has 0 unspecified atom stereocenters. The Morgan fingerprint density at radius 2 is 1.65 bits per heavy atom. The van der Waals surface area contributed by atoms with Crippen molar-refractivity contribution in [1.82, 2.24) is 19.7 Å². The predicted molar refractivity (Wildman–Crippen MR) is 130 cm³/mol. The van der Waals surface area contributed by atoms with Gasteiger partial charge in [-0.05, 0) is 36.4 Å². The predicted octanol–water partition coefficient (Wildman–Crippen LogP) is 4.09. The molecule has 34 heavy (non-hydrogen) atoms. The smallest absolute Gasteiger partial charge is 0.234 e. The van der Waals surface area contributed by atoms with Crippen LogP contribution in [0.1, 0.15) is 0 Å². The Balaban J connectivity index is 1.57. The topological polar surface area (TPSA) is 100 Å². The lowest BCUT2D eigenvalue weighted by Crippen LogP contribution is -2.14. The Bertz CT molecular complexity index is 1240. The van der Waals surface area contributed by atoms with Gasteiger partial charge in [0.15, 0.2) is 11.0 Å². The zero-order valence-electron chi connectivity index (χ0n) is 18.9. The number of nitrogens with one attached hydrogen (secondary N) is 1. The number of carbonyl (C=O) groups excluding carboxylic acids is 1. The first-order chi connectivity index (χ1) is 16.6. The summed E-state index contributed by atoms with van der Waals surface area (Å²) < 4.78 is 17.7. The minimum atomic E-state index is -0.201. The normalized spacial score (nSPS) is 10.6. The number of anilines is 1. The first-order valence-corrected chi connectivity index (χ1v) is 11.3. The number of thioether (sulfide) groups is 1. The maximum atomic E-state index is 12.7. The molecule has 2 aromatic heterocycles. The number of hydrogen-bond acceptors (Lipinski definition) is 8. The highest BCUT2D eigenvalue weighted by molar-refractivity contribution is 7.99. The molecule has 4 aromatic rings. The van der Waals surface area contributed by atoms with E-state index in [1.807, 2.05) is 41.0 Å². The van der Waals surface area contributed by atoms with Crippen LogP contribution in [0.3, 0.4) is 0 Å². The molecule has 9 nitrogen and oxygen atoms in total. The standard InChI is InChI=1S/C24H23N5O4S/c1-31-19-8-6-18(7-9-19)29-23(16-5-4-10-25-14-16)27-28-24(29)34-15-22(30)26-17-11-20(32-2)13-21(12-17)33-3/h4-14H,15H2,1-3H3,(H,26,30). The van der Waals surface area contributed by atoms with Gasteiger partial charge in [0, 0.05) is 47.5 Å². The lowest BCUT2D eigenvalue weighted by Gasteiger charge is -2.12.